The lowest BCUT2D eigenvalue weighted by Gasteiger charge is -2.36. The van der Waals surface area contributed by atoms with Crippen LogP contribution in [-0.2, 0) is 9.59 Å². The van der Waals surface area contributed by atoms with Gasteiger partial charge in [-0.05, 0) is 26.2 Å². The van der Waals surface area contributed by atoms with Crippen LogP contribution in [0.1, 0.15) is 33.1 Å². The molecule has 3 atom stereocenters. The van der Waals surface area contributed by atoms with Crippen molar-refractivity contribution in [1.82, 2.24) is 10.2 Å². The summed E-state index contributed by atoms with van der Waals surface area (Å²) < 4.78 is 0. The fourth-order valence-corrected chi connectivity index (χ4v) is 2.12. The van der Waals surface area contributed by atoms with Crippen LogP contribution in [0.3, 0.4) is 0 Å². The zero-order chi connectivity index (χ0) is 13.0. The van der Waals surface area contributed by atoms with E-state index in [0.29, 0.717) is 6.54 Å². The third-order valence-corrected chi connectivity index (χ3v) is 3.51. The van der Waals surface area contributed by atoms with Crippen LogP contribution in [0.25, 0.3) is 0 Å². The van der Waals surface area contributed by atoms with Gasteiger partial charge in [-0.2, -0.15) is 0 Å². The molecular weight excluding hydrogens is 254 g/mol. The Morgan fingerprint density at radius 1 is 1.33 bits per heavy atom. The Kier molecular flexibility index (Phi) is 7.25. The average molecular weight is 278 g/mol. The molecule has 1 rings (SSSR count). The number of halogens is 1. The van der Waals surface area contributed by atoms with Gasteiger partial charge in [0.2, 0.25) is 11.8 Å². The fourth-order valence-electron chi connectivity index (χ4n) is 2.12. The van der Waals surface area contributed by atoms with E-state index >= 15 is 0 Å². The Bertz CT molecular complexity index is 297. The Morgan fingerprint density at radius 2 is 1.94 bits per heavy atom. The number of likely N-dealkylation sites (tertiary alicyclic amines) is 1. The zero-order valence-electron chi connectivity index (χ0n) is 11.3. The van der Waals surface area contributed by atoms with Crippen molar-refractivity contribution in [1.29, 1.82) is 0 Å². The van der Waals surface area contributed by atoms with Gasteiger partial charge in [-0.1, -0.05) is 6.92 Å². The van der Waals surface area contributed by atoms with Gasteiger partial charge in [0.1, 0.15) is 6.04 Å². The Balaban J connectivity index is 0.00000289. The lowest BCUT2D eigenvalue weighted by Crippen LogP contribution is -2.54. The second kappa shape index (κ2) is 7.59. The molecule has 0 bridgehead atoms. The molecule has 5 nitrogen and oxygen atoms in total. The Labute approximate surface area is 115 Å². The molecule has 1 fully saturated rings. The van der Waals surface area contributed by atoms with Crippen molar-refractivity contribution in [3.8, 4) is 0 Å². The first-order valence-electron chi connectivity index (χ1n) is 6.26. The number of nitrogens with one attached hydrogen (secondary N) is 1. The monoisotopic (exact) mass is 277 g/mol. The Hall–Kier alpha value is -0.810. The quantitative estimate of drug-likeness (QED) is 0.790. The number of piperidine rings is 1. The van der Waals surface area contributed by atoms with Gasteiger partial charge in [-0.15, -0.1) is 12.4 Å². The molecule has 0 aromatic rings. The summed E-state index contributed by atoms with van der Waals surface area (Å²) in [5.74, 6) is -0.316. The second-order valence-corrected chi connectivity index (χ2v) is 4.81. The summed E-state index contributed by atoms with van der Waals surface area (Å²) in [4.78, 5) is 25.7. The predicted octanol–water partition coefficient (Wildman–Crippen LogP) is 0.519. The molecule has 0 spiro atoms. The third kappa shape index (κ3) is 3.85. The second-order valence-electron chi connectivity index (χ2n) is 4.81. The van der Waals surface area contributed by atoms with Crippen molar-refractivity contribution >= 4 is 24.2 Å². The number of likely N-dealkylation sites (N-methyl/N-ethyl adjacent to an activating group) is 1. The molecule has 0 radical (unpaired) electrons. The normalized spacial score (nSPS) is 22.7. The number of nitrogens with zero attached hydrogens (tertiary/aromatic N) is 1. The topological polar surface area (TPSA) is 75.4 Å². The molecule has 1 aliphatic heterocycles. The number of hydrogen-bond donors (Lipinski definition) is 2. The van der Waals surface area contributed by atoms with Gasteiger partial charge in [0.15, 0.2) is 0 Å². The molecule has 1 saturated heterocycles. The van der Waals surface area contributed by atoms with Crippen LogP contribution in [0.15, 0.2) is 0 Å². The summed E-state index contributed by atoms with van der Waals surface area (Å²) in [5, 5.41) is 2.62. The molecule has 2 amide bonds. The van der Waals surface area contributed by atoms with Crippen molar-refractivity contribution < 1.29 is 9.59 Å². The highest BCUT2D eigenvalue weighted by atomic mass is 35.5. The largest absolute Gasteiger partial charge is 0.357 e. The van der Waals surface area contributed by atoms with Crippen LogP contribution in [-0.4, -0.2) is 42.4 Å². The van der Waals surface area contributed by atoms with Gasteiger partial charge in [0, 0.05) is 19.6 Å². The SMILES string of the molecule is CNC(=O)C1CCCCN1C(=O)C(C)C(C)N.Cl. The maximum absolute atomic E-state index is 12.2. The van der Waals surface area contributed by atoms with Crippen LogP contribution >= 0.6 is 12.4 Å². The minimum Gasteiger partial charge on any atom is -0.357 e. The third-order valence-electron chi connectivity index (χ3n) is 3.51. The van der Waals surface area contributed by atoms with E-state index in [4.69, 9.17) is 5.73 Å². The molecule has 0 saturated carbocycles. The molecule has 0 aliphatic carbocycles. The summed E-state index contributed by atoms with van der Waals surface area (Å²) in [7, 11) is 1.61. The predicted molar refractivity (Wildman–Crippen MR) is 73.5 cm³/mol. The van der Waals surface area contributed by atoms with Crippen LogP contribution in [0.4, 0.5) is 0 Å². The van der Waals surface area contributed by atoms with Gasteiger partial charge in [0.25, 0.3) is 0 Å². The molecule has 106 valence electrons. The minimum absolute atomic E-state index is 0. The molecule has 18 heavy (non-hydrogen) atoms. The summed E-state index contributed by atoms with van der Waals surface area (Å²) in [6.45, 7) is 4.30. The van der Waals surface area contributed by atoms with Crippen molar-refractivity contribution in [2.75, 3.05) is 13.6 Å². The highest BCUT2D eigenvalue weighted by molar-refractivity contribution is 5.88. The number of amides is 2. The van der Waals surface area contributed by atoms with E-state index in [1.165, 1.54) is 0 Å². The summed E-state index contributed by atoms with van der Waals surface area (Å²) >= 11 is 0. The maximum Gasteiger partial charge on any atom is 0.242 e. The van der Waals surface area contributed by atoms with Crippen LogP contribution in [0, 0.1) is 5.92 Å². The van der Waals surface area contributed by atoms with E-state index in [1.807, 2.05) is 13.8 Å². The van der Waals surface area contributed by atoms with E-state index in [0.717, 1.165) is 19.3 Å². The van der Waals surface area contributed by atoms with Gasteiger partial charge >= 0.3 is 0 Å². The molecule has 1 heterocycles. The lowest BCUT2D eigenvalue weighted by molar-refractivity contribution is -0.145. The van der Waals surface area contributed by atoms with Crippen molar-refractivity contribution in [2.45, 2.75) is 45.2 Å². The van der Waals surface area contributed by atoms with E-state index in [9.17, 15) is 9.59 Å². The summed E-state index contributed by atoms with van der Waals surface area (Å²) in [5.41, 5.74) is 5.75. The zero-order valence-corrected chi connectivity index (χ0v) is 12.1. The van der Waals surface area contributed by atoms with E-state index in [1.54, 1.807) is 11.9 Å². The molecule has 1 aliphatic rings. The maximum atomic E-state index is 12.2. The van der Waals surface area contributed by atoms with Gasteiger partial charge in [0.05, 0.1) is 5.92 Å². The molecule has 6 heteroatoms. The van der Waals surface area contributed by atoms with Crippen molar-refractivity contribution in [2.24, 2.45) is 11.7 Å². The molecule has 3 unspecified atom stereocenters. The standard InChI is InChI=1S/C12H23N3O2.ClH/c1-8(9(2)13)12(17)15-7-5-4-6-10(15)11(16)14-3;/h8-10H,4-7,13H2,1-3H3,(H,14,16);1H. The molecular formula is C12H24ClN3O2. The molecule has 0 aromatic carbocycles. The first-order chi connectivity index (χ1) is 7.99. The lowest BCUT2D eigenvalue weighted by atomic mass is 9.96. The van der Waals surface area contributed by atoms with E-state index in [2.05, 4.69) is 5.32 Å². The highest BCUT2D eigenvalue weighted by Gasteiger charge is 2.34. The average Bonchev–Trinajstić information content (AvgIpc) is 2.35. The number of carbonyl (C=O) groups excluding carboxylic acids is 2. The number of hydrogen-bond acceptors (Lipinski definition) is 3. The van der Waals surface area contributed by atoms with Gasteiger partial charge < -0.3 is 16.0 Å². The molecule has 0 aromatic heterocycles. The number of rotatable bonds is 3. The van der Waals surface area contributed by atoms with Crippen LogP contribution in [0.2, 0.25) is 0 Å². The van der Waals surface area contributed by atoms with Crippen LogP contribution in [0.5, 0.6) is 0 Å². The van der Waals surface area contributed by atoms with Gasteiger partial charge in [-0.3, -0.25) is 9.59 Å². The van der Waals surface area contributed by atoms with Crippen molar-refractivity contribution in [3.63, 3.8) is 0 Å². The van der Waals surface area contributed by atoms with E-state index < -0.39 is 0 Å². The smallest absolute Gasteiger partial charge is 0.242 e. The number of nitrogens with two attached hydrogens (primary N) is 1. The fraction of sp³-hybridized carbons (Fsp3) is 0.833. The van der Waals surface area contributed by atoms with Crippen molar-refractivity contribution in [3.05, 3.63) is 0 Å². The number of carbonyl (C=O) groups is 2. The minimum atomic E-state index is -0.317. The Morgan fingerprint density at radius 3 is 2.44 bits per heavy atom. The summed E-state index contributed by atoms with van der Waals surface area (Å²) in [6.07, 6.45) is 2.70. The highest BCUT2D eigenvalue weighted by Crippen LogP contribution is 2.20. The first-order valence-corrected chi connectivity index (χ1v) is 6.26. The summed E-state index contributed by atoms with van der Waals surface area (Å²) in [6, 6.07) is -0.503. The first kappa shape index (κ1) is 17.2. The van der Waals surface area contributed by atoms with E-state index in [-0.39, 0.29) is 42.2 Å². The van der Waals surface area contributed by atoms with Crippen LogP contribution < -0.4 is 11.1 Å². The molecule has 3 N–H and O–H groups in total. The van der Waals surface area contributed by atoms with Gasteiger partial charge in [-0.25, -0.2) is 0 Å².